The number of amides is 1. The van der Waals surface area contributed by atoms with Crippen molar-refractivity contribution in [3.8, 4) is 0 Å². The van der Waals surface area contributed by atoms with Gasteiger partial charge in [-0.3, -0.25) is 14.2 Å². The van der Waals surface area contributed by atoms with Gasteiger partial charge in [0, 0.05) is 21.1 Å². The van der Waals surface area contributed by atoms with Crippen molar-refractivity contribution in [1.82, 2.24) is 14.7 Å². The molecule has 0 aromatic carbocycles. The molecule has 0 fully saturated rings. The first kappa shape index (κ1) is 13.3. The lowest BCUT2D eigenvalue weighted by Gasteiger charge is -2.10. The van der Waals surface area contributed by atoms with Crippen molar-refractivity contribution in [2.45, 2.75) is 0 Å². The first-order valence-electron chi connectivity index (χ1n) is 4.65. The number of nitrogens with two attached hydrogens (primary N) is 1. The lowest BCUT2D eigenvalue weighted by Crippen LogP contribution is -2.24. The van der Waals surface area contributed by atoms with Crippen molar-refractivity contribution in [2.75, 3.05) is 30.8 Å². The van der Waals surface area contributed by atoms with E-state index in [-0.39, 0.29) is 17.2 Å². The van der Waals surface area contributed by atoms with Crippen LogP contribution in [-0.2, 0) is 17.1 Å². The molecule has 0 aliphatic carbocycles. The van der Waals surface area contributed by atoms with Gasteiger partial charge >= 0.3 is 0 Å². The molecule has 1 aromatic heterocycles. The molecule has 0 saturated carbocycles. The van der Waals surface area contributed by atoms with E-state index < -0.39 is 15.9 Å². The summed E-state index contributed by atoms with van der Waals surface area (Å²) in [4.78, 5) is 13.1. The predicted octanol–water partition coefficient (Wildman–Crippen LogP) is -0.924. The molecule has 0 bridgehead atoms. The number of sulfonamides is 1. The summed E-state index contributed by atoms with van der Waals surface area (Å²) in [5, 5.41) is 3.89. The van der Waals surface area contributed by atoms with E-state index in [4.69, 9.17) is 5.73 Å². The summed E-state index contributed by atoms with van der Waals surface area (Å²) in [5.74, 6) is -0.343. The number of hydrogen-bond donors (Lipinski definition) is 2. The van der Waals surface area contributed by atoms with Crippen molar-refractivity contribution < 1.29 is 13.2 Å². The third kappa shape index (κ3) is 2.87. The minimum absolute atomic E-state index is 0.00806. The molecular formula is C8H15N5O3S. The van der Waals surface area contributed by atoms with E-state index in [0.717, 1.165) is 6.26 Å². The number of carbonyl (C=O) groups excluding carboxylic acids is 1. The average molecular weight is 261 g/mol. The Balaban J connectivity index is 3.32. The number of anilines is 2. The number of rotatable bonds is 3. The normalized spacial score (nSPS) is 11.3. The molecule has 1 aromatic rings. The minimum Gasteiger partial charge on any atom is -0.382 e. The molecular weight excluding hydrogens is 246 g/mol. The maximum atomic E-state index is 11.8. The fourth-order valence-corrected chi connectivity index (χ4v) is 1.76. The summed E-state index contributed by atoms with van der Waals surface area (Å²) in [6, 6.07) is 0. The monoisotopic (exact) mass is 261 g/mol. The molecule has 3 N–H and O–H groups in total. The SMILES string of the molecule is CN(C)C(=O)c1nn(C)c(N)c1NS(C)(=O)=O. The fraction of sp³-hybridized carbons (Fsp3) is 0.500. The summed E-state index contributed by atoms with van der Waals surface area (Å²) in [7, 11) is 1.08. The molecule has 0 aliphatic rings. The van der Waals surface area contributed by atoms with Crippen LogP contribution >= 0.6 is 0 Å². The molecule has 0 atom stereocenters. The number of nitrogens with zero attached hydrogens (tertiary/aromatic N) is 3. The van der Waals surface area contributed by atoms with Gasteiger partial charge in [0.2, 0.25) is 10.0 Å². The molecule has 0 saturated heterocycles. The Kier molecular flexibility index (Phi) is 3.32. The van der Waals surface area contributed by atoms with E-state index in [1.807, 2.05) is 0 Å². The molecule has 9 heteroatoms. The van der Waals surface area contributed by atoms with Crippen LogP contribution in [0.2, 0.25) is 0 Å². The highest BCUT2D eigenvalue weighted by Gasteiger charge is 2.23. The standard InChI is InChI=1S/C8H15N5O3S/c1-12(2)8(14)6-5(11-17(4,15)16)7(9)13(3)10-6/h11H,9H2,1-4H3. The zero-order valence-corrected chi connectivity index (χ0v) is 10.9. The van der Waals surface area contributed by atoms with Crippen LogP contribution in [0.1, 0.15) is 10.5 Å². The van der Waals surface area contributed by atoms with Gasteiger partial charge in [0.25, 0.3) is 5.91 Å². The smallest absolute Gasteiger partial charge is 0.276 e. The molecule has 0 radical (unpaired) electrons. The molecule has 1 rings (SSSR count). The second kappa shape index (κ2) is 4.24. The summed E-state index contributed by atoms with van der Waals surface area (Å²) in [6.45, 7) is 0. The Hall–Kier alpha value is -1.77. The molecule has 0 aliphatic heterocycles. The van der Waals surface area contributed by atoms with Gasteiger partial charge in [0.05, 0.1) is 6.26 Å². The number of aromatic nitrogens is 2. The van der Waals surface area contributed by atoms with Crippen molar-refractivity contribution in [3.05, 3.63) is 5.69 Å². The first-order chi connectivity index (χ1) is 7.63. The molecule has 1 amide bonds. The number of nitrogens with one attached hydrogen (secondary N) is 1. The van der Waals surface area contributed by atoms with Gasteiger partial charge in [0.1, 0.15) is 11.5 Å². The summed E-state index contributed by atoms with van der Waals surface area (Å²) in [6.07, 6.45) is 0.976. The lowest BCUT2D eigenvalue weighted by atomic mass is 10.3. The van der Waals surface area contributed by atoms with Crippen molar-refractivity contribution in [1.29, 1.82) is 0 Å². The van der Waals surface area contributed by atoms with Gasteiger partial charge in [-0.15, -0.1) is 0 Å². The molecule has 8 nitrogen and oxygen atoms in total. The van der Waals surface area contributed by atoms with Gasteiger partial charge < -0.3 is 10.6 Å². The van der Waals surface area contributed by atoms with Crippen LogP contribution in [0.4, 0.5) is 11.5 Å². The van der Waals surface area contributed by atoms with Crippen LogP contribution in [0.3, 0.4) is 0 Å². The zero-order valence-electron chi connectivity index (χ0n) is 10.1. The molecule has 0 unspecified atom stereocenters. The zero-order chi connectivity index (χ0) is 13.4. The third-order valence-electron chi connectivity index (χ3n) is 1.99. The largest absolute Gasteiger partial charge is 0.382 e. The van der Waals surface area contributed by atoms with Crippen LogP contribution in [0, 0.1) is 0 Å². The van der Waals surface area contributed by atoms with E-state index in [0.29, 0.717) is 0 Å². The highest BCUT2D eigenvalue weighted by atomic mass is 32.2. The minimum atomic E-state index is -3.52. The summed E-state index contributed by atoms with van der Waals surface area (Å²) >= 11 is 0. The quantitative estimate of drug-likeness (QED) is 0.730. The molecule has 17 heavy (non-hydrogen) atoms. The first-order valence-corrected chi connectivity index (χ1v) is 6.54. The summed E-state index contributed by atoms with van der Waals surface area (Å²) < 4.78 is 25.8. The Labute approximate surface area is 99.4 Å². The Bertz CT molecular complexity index is 546. The Morgan fingerprint density at radius 2 is 2.00 bits per heavy atom. The fourth-order valence-electron chi connectivity index (χ4n) is 1.18. The van der Waals surface area contributed by atoms with Gasteiger partial charge in [-0.25, -0.2) is 8.42 Å². The average Bonchev–Trinajstić information content (AvgIpc) is 2.42. The van der Waals surface area contributed by atoms with Crippen LogP contribution in [-0.4, -0.2) is 49.4 Å². The molecule has 96 valence electrons. The Morgan fingerprint density at radius 3 is 2.41 bits per heavy atom. The van der Waals surface area contributed by atoms with Crippen LogP contribution in [0.25, 0.3) is 0 Å². The Morgan fingerprint density at radius 1 is 1.47 bits per heavy atom. The summed E-state index contributed by atoms with van der Waals surface area (Å²) in [5.41, 5.74) is 5.63. The van der Waals surface area contributed by atoms with Crippen molar-refractivity contribution in [3.63, 3.8) is 0 Å². The second-order valence-electron chi connectivity index (χ2n) is 3.81. The predicted molar refractivity (Wildman–Crippen MR) is 64.1 cm³/mol. The van der Waals surface area contributed by atoms with Gasteiger partial charge in [-0.1, -0.05) is 0 Å². The van der Waals surface area contributed by atoms with Gasteiger partial charge in [-0.05, 0) is 0 Å². The molecule has 1 heterocycles. The third-order valence-corrected chi connectivity index (χ3v) is 2.56. The maximum absolute atomic E-state index is 11.8. The van der Waals surface area contributed by atoms with Gasteiger partial charge in [0.15, 0.2) is 5.69 Å². The highest BCUT2D eigenvalue weighted by molar-refractivity contribution is 7.92. The lowest BCUT2D eigenvalue weighted by molar-refractivity contribution is 0.0822. The van der Waals surface area contributed by atoms with Crippen LogP contribution in [0.5, 0.6) is 0 Å². The second-order valence-corrected chi connectivity index (χ2v) is 5.55. The number of aryl methyl sites for hydroxylation is 1. The van der Waals surface area contributed by atoms with E-state index in [1.165, 1.54) is 30.7 Å². The van der Waals surface area contributed by atoms with Crippen molar-refractivity contribution in [2.24, 2.45) is 7.05 Å². The number of carbonyl (C=O) groups is 1. The van der Waals surface area contributed by atoms with E-state index in [9.17, 15) is 13.2 Å². The van der Waals surface area contributed by atoms with Crippen LogP contribution in [0.15, 0.2) is 0 Å². The van der Waals surface area contributed by atoms with Gasteiger partial charge in [-0.2, -0.15) is 5.10 Å². The van der Waals surface area contributed by atoms with E-state index in [2.05, 4.69) is 9.82 Å². The van der Waals surface area contributed by atoms with E-state index in [1.54, 1.807) is 0 Å². The van der Waals surface area contributed by atoms with E-state index >= 15 is 0 Å². The number of nitrogen functional groups attached to an aromatic ring is 1. The van der Waals surface area contributed by atoms with Crippen LogP contribution < -0.4 is 10.5 Å². The number of hydrogen-bond acceptors (Lipinski definition) is 5. The molecule has 0 spiro atoms. The maximum Gasteiger partial charge on any atom is 0.276 e. The highest BCUT2D eigenvalue weighted by Crippen LogP contribution is 2.24. The topological polar surface area (TPSA) is 110 Å². The van der Waals surface area contributed by atoms with Crippen molar-refractivity contribution >= 4 is 27.4 Å².